The molecule has 0 radical (unpaired) electrons. The SMILES string of the molecule is CNC(c1cccc(F)c1)C(C)(C)N1CCCCCC1. The number of nitrogens with one attached hydrogen (secondary N) is 1. The van der Waals surface area contributed by atoms with Gasteiger partial charge in [-0.1, -0.05) is 25.0 Å². The first-order valence-electron chi connectivity index (χ1n) is 7.73. The van der Waals surface area contributed by atoms with Crippen molar-refractivity contribution in [2.24, 2.45) is 0 Å². The first-order chi connectivity index (χ1) is 9.55. The quantitative estimate of drug-likeness (QED) is 0.902. The topological polar surface area (TPSA) is 15.3 Å². The van der Waals surface area contributed by atoms with Gasteiger partial charge in [0.1, 0.15) is 5.82 Å². The number of likely N-dealkylation sites (tertiary alicyclic amines) is 1. The molecule has 1 aliphatic rings. The molecule has 1 N–H and O–H groups in total. The van der Waals surface area contributed by atoms with Crippen LogP contribution in [0.2, 0.25) is 0 Å². The van der Waals surface area contributed by atoms with Crippen molar-refractivity contribution in [3.63, 3.8) is 0 Å². The Balaban J connectivity index is 2.23. The minimum Gasteiger partial charge on any atom is -0.311 e. The maximum Gasteiger partial charge on any atom is 0.123 e. The van der Waals surface area contributed by atoms with E-state index in [9.17, 15) is 4.39 Å². The maximum absolute atomic E-state index is 13.5. The van der Waals surface area contributed by atoms with E-state index in [0.29, 0.717) is 0 Å². The summed E-state index contributed by atoms with van der Waals surface area (Å²) in [4.78, 5) is 2.56. The van der Waals surface area contributed by atoms with E-state index in [1.807, 2.05) is 13.1 Å². The molecule has 0 aliphatic carbocycles. The van der Waals surface area contributed by atoms with E-state index in [0.717, 1.165) is 18.7 Å². The summed E-state index contributed by atoms with van der Waals surface area (Å²) < 4.78 is 13.5. The van der Waals surface area contributed by atoms with Crippen LogP contribution in [-0.2, 0) is 0 Å². The summed E-state index contributed by atoms with van der Waals surface area (Å²) in [5, 5.41) is 3.40. The number of nitrogens with zero attached hydrogens (tertiary/aromatic N) is 1. The molecule has 1 saturated heterocycles. The Bertz CT molecular complexity index is 423. The van der Waals surface area contributed by atoms with Crippen molar-refractivity contribution in [2.75, 3.05) is 20.1 Å². The maximum atomic E-state index is 13.5. The fourth-order valence-corrected chi connectivity index (χ4v) is 3.44. The van der Waals surface area contributed by atoms with Crippen molar-refractivity contribution in [1.29, 1.82) is 0 Å². The van der Waals surface area contributed by atoms with E-state index in [1.165, 1.54) is 31.7 Å². The second kappa shape index (κ2) is 6.68. The van der Waals surface area contributed by atoms with Crippen molar-refractivity contribution < 1.29 is 4.39 Å². The summed E-state index contributed by atoms with van der Waals surface area (Å²) in [6.07, 6.45) is 5.19. The molecule has 112 valence electrons. The zero-order valence-corrected chi connectivity index (χ0v) is 13.0. The summed E-state index contributed by atoms with van der Waals surface area (Å²) in [6, 6.07) is 7.11. The van der Waals surface area contributed by atoms with E-state index >= 15 is 0 Å². The summed E-state index contributed by atoms with van der Waals surface area (Å²) in [6.45, 7) is 6.82. The first kappa shape index (κ1) is 15.5. The van der Waals surface area contributed by atoms with Crippen LogP contribution in [0.25, 0.3) is 0 Å². The minimum absolute atomic E-state index is 0.0209. The van der Waals surface area contributed by atoms with Crippen LogP contribution in [0.4, 0.5) is 4.39 Å². The van der Waals surface area contributed by atoms with Crippen molar-refractivity contribution in [3.05, 3.63) is 35.6 Å². The smallest absolute Gasteiger partial charge is 0.123 e. The van der Waals surface area contributed by atoms with Crippen molar-refractivity contribution >= 4 is 0 Å². The van der Waals surface area contributed by atoms with Crippen LogP contribution < -0.4 is 5.32 Å². The third-order valence-corrected chi connectivity index (χ3v) is 4.60. The van der Waals surface area contributed by atoms with Gasteiger partial charge in [0.2, 0.25) is 0 Å². The predicted octanol–water partition coefficient (Wildman–Crippen LogP) is 3.74. The molecule has 1 fully saturated rings. The second-order valence-corrected chi connectivity index (χ2v) is 6.33. The lowest BCUT2D eigenvalue weighted by Gasteiger charge is -2.44. The number of benzene rings is 1. The fraction of sp³-hybridized carbons (Fsp3) is 0.647. The Morgan fingerprint density at radius 2 is 1.80 bits per heavy atom. The Labute approximate surface area is 122 Å². The number of halogens is 1. The van der Waals surface area contributed by atoms with Crippen LogP contribution in [0.3, 0.4) is 0 Å². The molecular formula is C17H27FN2. The molecule has 1 aromatic rings. The minimum atomic E-state index is -0.158. The standard InChI is InChI=1S/C17H27FN2/c1-17(2,20-11-6-4-5-7-12-20)16(19-3)14-9-8-10-15(18)13-14/h8-10,13,16,19H,4-7,11-12H2,1-3H3. The van der Waals surface area contributed by atoms with E-state index in [4.69, 9.17) is 0 Å². The third kappa shape index (κ3) is 3.39. The van der Waals surface area contributed by atoms with Gasteiger partial charge in [-0.25, -0.2) is 4.39 Å². The number of likely N-dealkylation sites (N-methyl/N-ethyl adjacent to an activating group) is 1. The zero-order valence-electron chi connectivity index (χ0n) is 13.0. The number of rotatable bonds is 4. The molecule has 1 atom stereocenters. The monoisotopic (exact) mass is 278 g/mol. The van der Waals surface area contributed by atoms with Crippen LogP contribution in [0.15, 0.2) is 24.3 Å². The van der Waals surface area contributed by atoms with Crippen molar-refractivity contribution in [3.8, 4) is 0 Å². The average molecular weight is 278 g/mol. The highest BCUT2D eigenvalue weighted by atomic mass is 19.1. The molecule has 2 rings (SSSR count). The van der Waals surface area contributed by atoms with Crippen LogP contribution in [0, 0.1) is 5.82 Å². The highest BCUT2D eigenvalue weighted by molar-refractivity contribution is 5.23. The van der Waals surface area contributed by atoms with E-state index in [2.05, 4.69) is 24.1 Å². The van der Waals surface area contributed by atoms with Gasteiger partial charge < -0.3 is 5.32 Å². The van der Waals surface area contributed by atoms with Gasteiger partial charge in [0.25, 0.3) is 0 Å². The van der Waals surface area contributed by atoms with Gasteiger partial charge in [0.15, 0.2) is 0 Å². The molecule has 0 spiro atoms. The number of hydrogen-bond acceptors (Lipinski definition) is 2. The summed E-state index contributed by atoms with van der Waals surface area (Å²) in [5.74, 6) is -0.158. The molecule has 1 heterocycles. The Morgan fingerprint density at radius 3 is 2.35 bits per heavy atom. The van der Waals surface area contributed by atoms with Gasteiger partial charge in [-0.2, -0.15) is 0 Å². The molecule has 2 nitrogen and oxygen atoms in total. The molecule has 0 saturated carbocycles. The largest absolute Gasteiger partial charge is 0.311 e. The molecule has 3 heteroatoms. The fourth-order valence-electron chi connectivity index (χ4n) is 3.44. The zero-order chi connectivity index (χ0) is 14.6. The van der Waals surface area contributed by atoms with Gasteiger partial charge in [-0.3, -0.25) is 4.90 Å². The molecule has 0 bridgehead atoms. The molecule has 1 unspecified atom stereocenters. The van der Waals surface area contributed by atoms with E-state index < -0.39 is 0 Å². The van der Waals surface area contributed by atoms with Gasteiger partial charge in [-0.05, 0) is 64.5 Å². The van der Waals surface area contributed by atoms with Gasteiger partial charge in [0, 0.05) is 11.6 Å². The molecule has 1 aliphatic heterocycles. The van der Waals surface area contributed by atoms with Gasteiger partial charge >= 0.3 is 0 Å². The Kier molecular flexibility index (Phi) is 5.17. The third-order valence-electron chi connectivity index (χ3n) is 4.60. The molecule has 0 amide bonds. The number of hydrogen-bond donors (Lipinski definition) is 1. The van der Waals surface area contributed by atoms with Crippen LogP contribution >= 0.6 is 0 Å². The van der Waals surface area contributed by atoms with Crippen molar-refractivity contribution in [2.45, 2.75) is 51.1 Å². The van der Waals surface area contributed by atoms with Crippen LogP contribution in [0.1, 0.15) is 51.1 Å². The lowest BCUT2D eigenvalue weighted by molar-refractivity contribution is 0.0863. The highest BCUT2D eigenvalue weighted by Crippen LogP contribution is 2.32. The summed E-state index contributed by atoms with van der Waals surface area (Å²) >= 11 is 0. The lowest BCUT2D eigenvalue weighted by Crippen LogP contribution is -2.52. The van der Waals surface area contributed by atoms with Crippen molar-refractivity contribution in [1.82, 2.24) is 10.2 Å². The normalized spacial score (nSPS) is 19.6. The molecule has 0 aromatic heterocycles. The highest BCUT2D eigenvalue weighted by Gasteiger charge is 2.35. The van der Waals surface area contributed by atoms with Gasteiger partial charge in [0.05, 0.1) is 0 Å². The first-order valence-corrected chi connectivity index (χ1v) is 7.73. The Hall–Kier alpha value is -0.930. The van der Waals surface area contributed by atoms with E-state index in [-0.39, 0.29) is 17.4 Å². The molecular weight excluding hydrogens is 251 g/mol. The summed E-state index contributed by atoms with van der Waals surface area (Å²) in [7, 11) is 1.97. The Morgan fingerprint density at radius 1 is 1.15 bits per heavy atom. The molecule has 20 heavy (non-hydrogen) atoms. The van der Waals surface area contributed by atoms with Crippen LogP contribution in [0.5, 0.6) is 0 Å². The lowest BCUT2D eigenvalue weighted by atomic mass is 9.86. The summed E-state index contributed by atoms with van der Waals surface area (Å²) in [5.41, 5.74) is 1.01. The second-order valence-electron chi connectivity index (χ2n) is 6.33. The van der Waals surface area contributed by atoms with E-state index in [1.54, 1.807) is 12.1 Å². The predicted molar refractivity (Wildman–Crippen MR) is 82.3 cm³/mol. The average Bonchev–Trinajstić information content (AvgIpc) is 2.68. The molecule has 1 aromatic carbocycles. The van der Waals surface area contributed by atoms with Gasteiger partial charge in [-0.15, -0.1) is 0 Å². The van der Waals surface area contributed by atoms with Crippen LogP contribution in [-0.4, -0.2) is 30.6 Å².